The fourth-order valence-electron chi connectivity index (χ4n) is 2.97. The number of halogens is 6. The Morgan fingerprint density at radius 2 is 1.35 bits per heavy atom. The molecule has 43 heavy (non-hydrogen) atoms. The Balaban J connectivity index is 0.000000548. The standard InChI is InChI=1S/C22H22N4O3.2C2HF3O2/c23-21(24)18-7-8-19(27)17(12-18)2-1-10-26-22(29)15-5-3-14(4-6-15)16-9-11-25-20(28)13-16;2*3-2(4,5)1(6)7/h3-9,11-13,27H,1-2,10H2,(H3,23,24)(H,25,28)(H,26,29);2*(H,6,7). The van der Waals surface area contributed by atoms with E-state index < -0.39 is 24.3 Å². The fraction of sp³-hybridized carbons (Fsp3) is 0.192. The van der Waals surface area contributed by atoms with E-state index in [1.165, 1.54) is 12.1 Å². The first kappa shape index (κ1) is 35.7. The van der Waals surface area contributed by atoms with Crippen LogP contribution in [0, 0.1) is 5.41 Å². The summed E-state index contributed by atoms with van der Waals surface area (Å²) >= 11 is 0. The van der Waals surface area contributed by atoms with Gasteiger partial charge in [0, 0.05) is 29.9 Å². The van der Waals surface area contributed by atoms with Crippen molar-refractivity contribution in [1.82, 2.24) is 10.3 Å². The molecular weight excluding hydrogens is 594 g/mol. The molecule has 0 spiro atoms. The van der Waals surface area contributed by atoms with Crippen LogP contribution < -0.4 is 16.6 Å². The van der Waals surface area contributed by atoms with Crippen LogP contribution >= 0.6 is 0 Å². The van der Waals surface area contributed by atoms with Crippen molar-refractivity contribution >= 4 is 23.7 Å². The smallest absolute Gasteiger partial charge is 0.490 e. The molecule has 17 heteroatoms. The highest BCUT2D eigenvalue weighted by Crippen LogP contribution is 2.20. The molecule has 0 radical (unpaired) electrons. The molecule has 0 fully saturated rings. The fourth-order valence-corrected chi connectivity index (χ4v) is 2.97. The van der Waals surface area contributed by atoms with Crippen molar-refractivity contribution in [1.29, 1.82) is 5.41 Å². The summed E-state index contributed by atoms with van der Waals surface area (Å²) in [5.41, 5.74) is 8.71. The molecule has 0 aliphatic rings. The van der Waals surface area contributed by atoms with Crippen LogP contribution in [0.15, 0.2) is 65.6 Å². The Hall–Kier alpha value is -5.35. The molecule has 0 saturated heterocycles. The summed E-state index contributed by atoms with van der Waals surface area (Å²) in [6, 6.07) is 15.1. The number of aromatic nitrogens is 1. The van der Waals surface area contributed by atoms with Gasteiger partial charge >= 0.3 is 24.3 Å². The maximum absolute atomic E-state index is 12.3. The lowest BCUT2D eigenvalue weighted by Gasteiger charge is -2.09. The summed E-state index contributed by atoms with van der Waals surface area (Å²) < 4.78 is 63.5. The zero-order valence-corrected chi connectivity index (χ0v) is 21.7. The van der Waals surface area contributed by atoms with Crippen LogP contribution in [0.3, 0.4) is 0 Å². The second-order valence-electron chi connectivity index (χ2n) is 8.24. The van der Waals surface area contributed by atoms with E-state index in [2.05, 4.69) is 10.3 Å². The number of aromatic hydroxyl groups is 1. The van der Waals surface area contributed by atoms with Crippen LogP contribution in [0.2, 0.25) is 0 Å². The van der Waals surface area contributed by atoms with Crippen LogP contribution in [-0.2, 0) is 16.0 Å². The number of nitrogens with two attached hydrogens (primary N) is 1. The quantitative estimate of drug-likeness (QED) is 0.0898. The number of nitrogen functional groups attached to an aromatic ring is 1. The zero-order chi connectivity index (χ0) is 33.0. The Morgan fingerprint density at radius 3 is 1.81 bits per heavy atom. The largest absolute Gasteiger partial charge is 0.508 e. The summed E-state index contributed by atoms with van der Waals surface area (Å²) in [5, 5.41) is 34.5. The number of aryl methyl sites for hydroxylation is 1. The van der Waals surface area contributed by atoms with E-state index in [9.17, 15) is 41.0 Å². The molecule has 2 aromatic carbocycles. The highest BCUT2D eigenvalue weighted by atomic mass is 19.4. The number of carbonyl (C=O) groups excluding carboxylic acids is 1. The van der Waals surface area contributed by atoms with Crippen molar-refractivity contribution in [3.05, 3.63) is 87.8 Å². The lowest BCUT2D eigenvalue weighted by Crippen LogP contribution is -2.24. The number of alkyl halides is 6. The second-order valence-corrected chi connectivity index (χ2v) is 8.24. The van der Waals surface area contributed by atoms with Crippen molar-refractivity contribution in [3.63, 3.8) is 0 Å². The number of hydrogen-bond donors (Lipinski definition) is 7. The van der Waals surface area contributed by atoms with E-state index in [4.69, 9.17) is 30.9 Å². The predicted molar refractivity (Wildman–Crippen MR) is 140 cm³/mol. The predicted octanol–water partition coefficient (Wildman–Crippen LogP) is 3.66. The maximum atomic E-state index is 12.3. The Morgan fingerprint density at radius 1 is 0.837 bits per heavy atom. The summed E-state index contributed by atoms with van der Waals surface area (Å²) in [6.07, 6.45) is -7.40. The average molecular weight is 618 g/mol. The monoisotopic (exact) mass is 618 g/mol. The van der Waals surface area contributed by atoms with E-state index in [-0.39, 0.29) is 23.1 Å². The van der Waals surface area contributed by atoms with Crippen molar-refractivity contribution < 1.29 is 56.0 Å². The number of phenolic OH excluding ortho intramolecular Hbond substituents is 1. The Kier molecular flexibility index (Phi) is 12.9. The van der Waals surface area contributed by atoms with E-state index >= 15 is 0 Å². The van der Waals surface area contributed by atoms with Gasteiger partial charge in [0.25, 0.3) is 5.91 Å². The van der Waals surface area contributed by atoms with Gasteiger partial charge < -0.3 is 31.4 Å². The minimum Gasteiger partial charge on any atom is -0.508 e. The van der Waals surface area contributed by atoms with Gasteiger partial charge in [-0.05, 0) is 65.9 Å². The van der Waals surface area contributed by atoms with Gasteiger partial charge in [-0.3, -0.25) is 15.0 Å². The highest BCUT2D eigenvalue weighted by molar-refractivity contribution is 5.95. The first-order chi connectivity index (χ1) is 19.8. The van der Waals surface area contributed by atoms with Crippen molar-refractivity contribution in [2.75, 3.05) is 6.54 Å². The topological polar surface area (TPSA) is 207 Å². The number of benzene rings is 2. The molecule has 8 N–H and O–H groups in total. The highest BCUT2D eigenvalue weighted by Gasteiger charge is 2.38. The Labute approximate surface area is 238 Å². The molecule has 1 amide bonds. The number of carboxylic acid groups (broad SMARTS) is 2. The summed E-state index contributed by atoms with van der Waals surface area (Å²) in [4.78, 5) is 44.1. The number of pyridine rings is 1. The van der Waals surface area contributed by atoms with Gasteiger partial charge in [0.1, 0.15) is 11.6 Å². The molecule has 1 heterocycles. The summed E-state index contributed by atoms with van der Waals surface area (Å²) in [5.74, 6) is -5.61. The number of phenols is 1. The SMILES string of the molecule is N=C(N)c1ccc(O)c(CCCNC(=O)c2ccc(-c3cc[nH]c(=O)c3)cc2)c1.O=C(O)C(F)(F)F.O=C(O)C(F)(F)F. The van der Waals surface area contributed by atoms with Crippen LogP contribution in [0.4, 0.5) is 26.3 Å². The molecule has 0 atom stereocenters. The molecule has 232 valence electrons. The van der Waals surface area contributed by atoms with Gasteiger partial charge in [0.05, 0.1) is 0 Å². The Bertz CT molecular complexity index is 1460. The van der Waals surface area contributed by atoms with Gasteiger partial charge in [-0.2, -0.15) is 26.3 Å². The van der Waals surface area contributed by atoms with E-state index in [1.54, 1.807) is 48.7 Å². The van der Waals surface area contributed by atoms with Crippen molar-refractivity contribution in [2.45, 2.75) is 25.2 Å². The lowest BCUT2D eigenvalue weighted by atomic mass is 10.0. The number of amides is 1. The maximum Gasteiger partial charge on any atom is 0.490 e. The number of rotatable bonds is 7. The molecule has 0 aliphatic heterocycles. The third-order valence-corrected chi connectivity index (χ3v) is 5.04. The first-order valence-corrected chi connectivity index (χ1v) is 11.7. The molecule has 0 bridgehead atoms. The van der Waals surface area contributed by atoms with Gasteiger partial charge in [-0.15, -0.1) is 0 Å². The van der Waals surface area contributed by atoms with Gasteiger partial charge in [0.15, 0.2) is 0 Å². The normalized spacial score (nSPS) is 10.7. The minimum absolute atomic E-state index is 0.0527. The summed E-state index contributed by atoms with van der Waals surface area (Å²) in [7, 11) is 0. The van der Waals surface area contributed by atoms with Gasteiger partial charge in [-0.1, -0.05) is 12.1 Å². The molecule has 0 saturated carbocycles. The second kappa shape index (κ2) is 15.6. The molecular formula is C26H24F6N4O7. The molecule has 0 aliphatic carbocycles. The van der Waals surface area contributed by atoms with Crippen LogP contribution in [-0.4, -0.2) is 62.9 Å². The van der Waals surface area contributed by atoms with Crippen molar-refractivity contribution in [3.8, 4) is 16.9 Å². The third kappa shape index (κ3) is 12.8. The molecule has 3 aromatic rings. The van der Waals surface area contributed by atoms with Crippen LogP contribution in [0.1, 0.15) is 27.9 Å². The number of carbonyl (C=O) groups is 3. The zero-order valence-electron chi connectivity index (χ0n) is 21.7. The molecule has 1 aromatic heterocycles. The van der Waals surface area contributed by atoms with Gasteiger partial charge in [-0.25, -0.2) is 9.59 Å². The number of carboxylic acids is 2. The number of hydrogen-bond acceptors (Lipinski definition) is 6. The van der Waals surface area contributed by atoms with E-state index in [0.717, 1.165) is 11.1 Å². The number of H-pyrrole nitrogens is 1. The third-order valence-electron chi connectivity index (χ3n) is 5.04. The van der Waals surface area contributed by atoms with E-state index in [0.29, 0.717) is 36.1 Å². The van der Waals surface area contributed by atoms with Crippen molar-refractivity contribution in [2.24, 2.45) is 5.73 Å². The minimum atomic E-state index is -5.08. The van der Waals surface area contributed by atoms with Gasteiger partial charge in [0.2, 0.25) is 5.56 Å². The molecule has 3 rings (SSSR count). The number of amidine groups is 1. The molecule has 11 nitrogen and oxygen atoms in total. The number of nitrogens with one attached hydrogen (secondary N) is 3. The average Bonchev–Trinajstić information content (AvgIpc) is 2.91. The summed E-state index contributed by atoms with van der Waals surface area (Å²) in [6.45, 7) is 0.443. The molecule has 0 unspecified atom stereocenters. The number of aliphatic carboxylic acids is 2. The van der Waals surface area contributed by atoms with Crippen LogP contribution in [0.5, 0.6) is 5.75 Å². The van der Waals surface area contributed by atoms with Crippen LogP contribution in [0.25, 0.3) is 11.1 Å². The first-order valence-electron chi connectivity index (χ1n) is 11.7. The van der Waals surface area contributed by atoms with E-state index in [1.807, 2.05) is 0 Å². The lowest BCUT2D eigenvalue weighted by molar-refractivity contribution is -0.193. The number of aromatic amines is 1.